The highest BCUT2D eigenvalue weighted by molar-refractivity contribution is 9.10. The molecule has 0 amide bonds. The summed E-state index contributed by atoms with van der Waals surface area (Å²) in [5, 5.41) is 8.01. The van der Waals surface area contributed by atoms with Crippen LogP contribution in [0.2, 0.25) is 0 Å². The minimum Gasteiger partial charge on any atom is -0.293 e. The van der Waals surface area contributed by atoms with E-state index in [-0.39, 0.29) is 5.78 Å². The van der Waals surface area contributed by atoms with E-state index in [9.17, 15) is 4.79 Å². The van der Waals surface area contributed by atoms with Crippen LogP contribution in [0.3, 0.4) is 0 Å². The predicted molar refractivity (Wildman–Crippen MR) is 80.9 cm³/mol. The molecule has 0 aliphatic rings. The van der Waals surface area contributed by atoms with Gasteiger partial charge in [-0.3, -0.25) is 4.79 Å². The van der Waals surface area contributed by atoms with Gasteiger partial charge >= 0.3 is 0 Å². The molecule has 0 spiro atoms. The molecule has 0 fully saturated rings. The first kappa shape index (κ1) is 14.0. The van der Waals surface area contributed by atoms with E-state index < -0.39 is 0 Å². The van der Waals surface area contributed by atoms with Gasteiger partial charge in [-0.1, -0.05) is 62.9 Å². The summed E-state index contributed by atoms with van der Waals surface area (Å²) >= 11 is 7.87. The lowest BCUT2D eigenvalue weighted by Crippen LogP contribution is -2.01. The van der Waals surface area contributed by atoms with Crippen molar-refractivity contribution in [3.8, 4) is 0 Å². The molecule has 0 aliphatic carbocycles. The summed E-state index contributed by atoms with van der Waals surface area (Å²) in [7, 11) is 0. The number of nitrogens with zero attached hydrogens (tertiary/aromatic N) is 2. The lowest BCUT2D eigenvalue weighted by atomic mass is 10.2. The third-order valence-electron chi connectivity index (χ3n) is 2.04. The highest BCUT2D eigenvalue weighted by Crippen LogP contribution is 2.27. The molecule has 0 radical (unpaired) electrons. The van der Waals surface area contributed by atoms with Crippen molar-refractivity contribution in [2.45, 2.75) is 8.68 Å². The zero-order valence-corrected chi connectivity index (χ0v) is 13.5. The minimum atomic E-state index is 0.0993. The van der Waals surface area contributed by atoms with Gasteiger partial charge in [0.15, 0.2) is 14.5 Å². The van der Waals surface area contributed by atoms with Gasteiger partial charge in [-0.05, 0) is 18.4 Å². The Morgan fingerprint density at radius 2 is 2.17 bits per heavy atom. The Morgan fingerprint density at radius 3 is 2.83 bits per heavy atom. The molecule has 3 nitrogen and oxygen atoms in total. The first-order chi connectivity index (χ1) is 8.69. The van der Waals surface area contributed by atoms with Gasteiger partial charge in [-0.25, -0.2) is 0 Å². The third-order valence-corrected chi connectivity index (χ3v) is 5.56. The van der Waals surface area contributed by atoms with E-state index in [4.69, 9.17) is 0 Å². The summed E-state index contributed by atoms with van der Waals surface area (Å²) in [6, 6.07) is 7.41. The summed E-state index contributed by atoms with van der Waals surface area (Å²) in [6.45, 7) is 0. The summed E-state index contributed by atoms with van der Waals surface area (Å²) in [5.41, 5.74) is 0.714. The second kappa shape index (κ2) is 6.70. The molecule has 1 aromatic heterocycles. The van der Waals surface area contributed by atoms with Gasteiger partial charge < -0.3 is 0 Å². The standard InChI is InChI=1S/C11H9BrN2OS3/c1-16-10-13-14-11(18-10)17-6-9(15)7-3-2-4-8(12)5-7/h2-5H,6H2,1H3. The fourth-order valence-electron chi connectivity index (χ4n) is 1.21. The van der Waals surface area contributed by atoms with Crippen LogP contribution in [0.4, 0.5) is 0 Å². The van der Waals surface area contributed by atoms with Crippen molar-refractivity contribution >= 4 is 56.6 Å². The van der Waals surface area contributed by atoms with Gasteiger partial charge in [0.25, 0.3) is 0 Å². The largest absolute Gasteiger partial charge is 0.293 e. The van der Waals surface area contributed by atoms with E-state index in [1.165, 1.54) is 23.1 Å². The zero-order valence-electron chi connectivity index (χ0n) is 9.42. The predicted octanol–water partition coefficient (Wildman–Crippen LogP) is 4.00. The van der Waals surface area contributed by atoms with E-state index >= 15 is 0 Å². The van der Waals surface area contributed by atoms with E-state index in [2.05, 4.69) is 26.1 Å². The molecule has 2 aromatic rings. The number of rotatable bonds is 5. The van der Waals surface area contributed by atoms with Gasteiger partial charge in [-0.2, -0.15) is 0 Å². The lowest BCUT2D eigenvalue weighted by Gasteiger charge is -1.99. The van der Waals surface area contributed by atoms with Crippen molar-refractivity contribution in [2.24, 2.45) is 0 Å². The molecule has 94 valence electrons. The third kappa shape index (κ3) is 3.81. The van der Waals surface area contributed by atoms with Crippen molar-refractivity contribution in [1.29, 1.82) is 0 Å². The summed E-state index contributed by atoms with van der Waals surface area (Å²) in [4.78, 5) is 12.0. The molecule has 0 N–H and O–H groups in total. The smallest absolute Gasteiger partial charge is 0.175 e. The van der Waals surface area contributed by atoms with Gasteiger partial charge in [0.05, 0.1) is 5.75 Å². The Hall–Kier alpha value is -0.370. The zero-order chi connectivity index (χ0) is 13.0. The Labute approximate surface area is 126 Å². The fraction of sp³-hybridized carbons (Fsp3) is 0.182. The van der Waals surface area contributed by atoms with Crippen LogP contribution in [-0.2, 0) is 0 Å². The number of halogens is 1. The Morgan fingerprint density at radius 1 is 1.39 bits per heavy atom. The molecule has 0 aliphatic heterocycles. The van der Waals surface area contributed by atoms with Crippen LogP contribution in [0, 0.1) is 0 Å². The van der Waals surface area contributed by atoms with Crippen molar-refractivity contribution in [2.75, 3.05) is 12.0 Å². The molecule has 2 rings (SSSR count). The molecule has 7 heteroatoms. The SMILES string of the molecule is CSc1nnc(SCC(=O)c2cccc(Br)c2)s1. The molecule has 1 aromatic carbocycles. The molecular formula is C11H9BrN2OS3. The fourth-order valence-corrected chi connectivity index (χ4v) is 3.94. The average Bonchev–Trinajstić information content (AvgIpc) is 2.84. The normalized spacial score (nSPS) is 10.6. The van der Waals surface area contributed by atoms with Gasteiger partial charge in [0.2, 0.25) is 0 Å². The van der Waals surface area contributed by atoms with Crippen LogP contribution in [-0.4, -0.2) is 28.0 Å². The molecule has 0 saturated heterocycles. The topological polar surface area (TPSA) is 42.9 Å². The van der Waals surface area contributed by atoms with Crippen molar-refractivity contribution in [3.05, 3.63) is 34.3 Å². The Balaban J connectivity index is 1.96. The van der Waals surface area contributed by atoms with Crippen LogP contribution in [0.5, 0.6) is 0 Å². The van der Waals surface area contributed by atoms with Crippen molar-refractivity contribution in [3.63, 3.8) is 0 Å². The quantitative estimate of drug-likeness (QED) is 0.595. The number of carbonyl (C=O) groups excluding carboxylic acids is 1. The minimum absolute atomic E-state index is 0.0993. The lowest BCUT2D eigenvalue weighted by molar-refractivity contribution is 0.102. The van der Waals surface area contributed by atoms with Crippen molar-refractivity contribution < 1.29 is 4.79 Å². The van der Waals surface area contributed by atoms with E-state index in [1.807, 2.05) is 30.5 Å². The maximum Gasteiger partial charge on any atom is 0.175 e. The number of thioether (sulfide) groups is 2. The highest BCUT2D eigenvalue weighted by atomic mass is 79.9. The average molecular weight is 361 g/mol. The molecule has 18 heavy (non-hydrogen) atoms. The number of hydrogen-bond donors (Lipinski definition) is 0. The highest BCUT2D eigenvalue weighted by Gasteiger charge is 2.09. The number of ketones is 1. The second-order valence-corrected chi connectivity index (χ2v) is 7.43. The van der Waals surface area contributed by atoms with Crippen LogP contribution in [0.25, 0.3) is 0 Å². The molecule has 0 bridgehead atoms. The first-order valence-electron chi connectivity index (χ1n) is 4.98. The number of carbonyl (C=O) groups is 1. The second-order valence-electron chi connectivity index (χ2n) is 3.26. The number of hydrogen-bond acceptors (Lipinski definition) is 6. The molecule has 0 atom stereocenters. The van der Waals surface area contributed by atoms with E-state index in [0.29, 0.717) is 11.3 Å². The number of benzene rings is 1. The summed E-state index contributed by atoms with van der Waals surface area (Å²) in [5.74, 6) is 0.488. The maximum absolute atomic E-state index is 12.0. The molecular weight excluding hydrogens is 352 g/mol. The van der Waals surface area contributed by atoms with Crippen LogP contribution < -0.4 is 0 Å². The molecule has 0 saturated carbocycles. The van der Waals surface area contributed by atoms with Crippen LogP contribution in [0.1, 0.15) is 10.4 Å². The summed E-state index contributed by atoms with van der Waals surface area (Å²) in [6.07, 6.45) is 1.96. The summed E-state index contributed by atoms with van der Waals surface area (Å²) < 4.78 is 2.68. The Bertz CT molecular complexity index is 559. The monoisotopic (exact) mass is 360 g/mol. The van der Waals surface area contributed by atoms with Gasteiger partial charge in [0, 0.05) is 10.0 Å². The first-order valence-corrected chi connectivity index (χ1v) is 8.80. The van der Waals surface area contributed by atoms with E-state index in [0.717, 1.165) is 13.2 Å². The molecule has 0 unspecified atom stereocenters. The molecule has 1 heterocycles. The van der Waals surface area contributed by atoms with Gasteiger partial charge in [-0.15, -0.1) is 10.2 Å². The van der Waals surface area contributed by atoms with Crippen LogP contribution >= 0.6 is 50.8 Å². The Kier molecular flexibility index (Phi) is 5.23. The van der Waals surface area contributed by atoms with E-state index in [1.54, 1.807) is 11.8 Å². The van der Waals surface area contributed by atoms with Crippen molar-refractivity contribution in [1.82, 2.24) is 10.2 Å². The van der Waals surface area contributed by atoms with Crippen LogP contribution in [0.15, 0.2) is 37.4 Å². The van der Waals surface area contributed by atoms with Gasteiger partial charge in [0.1, 0.15) is 0 Å². The maximum atomic E-state index is 12.0. The number of Topliss-reactive ketones (excluding diaryl/α,β-unsaturated/α-hetero) is 1. The number of aromatic nitrogens is 2.